The van der Waals surface area contributed by atoms with E-state index in [1.54, 1.807) is 12.1 Å². The minimum Gasteiger partial charge on any atom is -0.434 e. The quantitative estimate of drug-likeness (QED) is 0.783. The zero-order valence-corrected chi connectivity index (χ0v) is 15.3. The molecule has 0 radical (unpaired) electrons. The number of amides is 1. The molecule has 1 aliphatic carbocycles. The number of nitrogens with one attached hydrogen (secondary N) is 1. The molecule has 1 aromatic carbocycles. The predicted molar refractivity (Wildman–Crippen MR) is 94.6 cm³/mol. The summed E-state index contributed by atoms with van der Waals surface area (Å²) in [5.74, 6) is 0.713. The number of carbonyl (C=O) groups is 1. The van der Waals surface area contributed by atoms with Crippen molar-refractivity contribution in [1.29, 1.82) is 0 Å². The van der Waals surface area contributed by atoms with Gasteiger partial charge >= 0.3 is 0 Å². The zero-order valence-electron chi connectivity index (χ0n) is 13.0. The largest absolute Gasteiger partial charge is 0.434 e. The van der Waals surface area contributed by atoms with Crippen molar-refractivity contribution in [3.05, 3.63) is 38.5 Å². The summed E-state index contributed by atoms with van der Waals surface area (Å²) in [6.45, 7) is 3.49. The maximum atomic E-state index is 11.1. The number of hydrogen-bond acceptors (Lipinski definition) is 4. The third-order valence-electron chi connectivity index (χ3n) is 3.87. The molecule has 1 heterocycles. The standard InChI is InChI=1S/C16H14Cl3N3O2/c1-7-3-4-10-13(7)15(19)21-22-16(10)24-14-11(17)5-9(6-12(14)18)20-8(2)23/h5-7H,3-4H2,1-2H3,(H,20,23). The Labute approximate surface area is 154 Å². The lowest BCUT2D eigenvalue weighted by molar-refractivity contribution is -0.114. The average molecular weight is 387 g/mol. The molecular weight excluding hydrogens is 373 g/mol. The van der Waals surface area contributed by atoms with Crippen LogP contribution in [0.25, 0.3) is 0 Å². The fourth-order valence-electron chi connectivity index (χ4n) is 2.80. The van der Waals surface area contributed by atoms with Gasteiger partial charge in [0, 0.05) is 23.7 Å². The van der Waals surface area contributed by atoms with E-state index in [-0.39, 0.29) is 21.7 Å². The molecule has 1 unspecified atom stereocenters. The summed E-state index contributed by atoms with van der Waals surface area (Å²) in [4.78, 5) is 11.1. The van der Waals surface area contributed by atoms with E-state index in [4.69, 9.17) is 39.5 Å². The predicted octanol–water partition coefficient (Wildman–Crippen LogP) is 5.24. The van der Waals surface area contributed by atoms with Gasteiger partial charge in [-0.1, -0.05) is 41.7 Å². The average Bonchev–Trinajstić information content (AvgIpc) is 2.87. The summed E-state index contributed by atoms with van der Waals surface area (Å²) in [6.07, 6.45) is 1.77. The van der Waals surface area contributed by atoms with Gasteiger partial charge in [-0.2, -0.15) is 0 Å². The van der Waals surface area contributed by atoms with Crippen LogP contribution >= 0.6 is 34.8 Å². The van der Waals surface area contributed by atoms with Gasteiger partial charge in [0.25, 0.3) is 0 Å². The van der Waals surface area contributed by atoms with Crippen molar-refractivity contribution in [1.82, 2.24) is 10.2 Å². The van der Waals surface area contributed by atoms with Crippen molar-refractivity contribution in [3.8, 4) is 11.6 Å². The molecule has 0 bridgehead atoms. The molecule has 126 valence electrons. The second-order valence-corrected chi connectivity index (χ2v) is 6.85. The maximum absolute atomic E-state index is 11.1. The summed E-state index contributed by atoms with van der Waals surface area (Å²) in [7, 11) is 0. The number of benzene rings is 1. The molecule has 24 heavy (non-hydrogen) atoms. The van der Waals surface area contributed by atoms with Crippen LogP contribution in [0.1, 0.15) is 37.3 Å². The topological polar surface area (TPSA) is 64.1 Å². The number of hydrogen-bond donors (Lipinski definition) is 1. The van der Waals surface area contributed by atoms with E-state index in [1.165, 1.54) is 6.92 Å². The Morgan fingerprint density at radius 2 is 1.92 bits per heavy atom. The van der Waals surface area contributed by atoms with Crippen molar-refractivity contribution < 1.29 is 9.53 Å². The highest BCUT2D eigenvalue weighted by molar-refractivity contribution is 6.37. The summed E-state index contributed by atoms with van der Waals surface area (Å²) in [5.41, 5.74) is 2.38. The molecule has 0 fully saturated rings. The third kappa shape index (κ3) is 3.29. The van der Waals surface area contributed by atoms with Crippen molar-refractivity contribution in [2.45, 2.75) is 32.6 Å². The highest BCUT2D eigenvalue weighted by Gasteiger charge is 2.28. The van der Waals surface area contributed by atoms with Crippen molar-refractivity contribution in [2.75, 3.05) is 5.32 Å². The lowest BCUT2D eigenvalue weighted by Crippen LogP contribution is -2.06. The number of rotatable bonds is 3. The second-order valence-electron chi connectivity index (χ2n) is 5.68. The first-order valence-corrected chi connectivity index (χ1v) is 8.49. The zero-order chi connectivity index (χ0) is 17.4. The van der Waals surface area contributed by atoms with Gasteiger partial charge in [0.1, 0.15) is 0 Å². The minimum atomic E-state index is -0.217. The molecule has 5 nitrogen and oxygen atoms in total. The molecule has 1 aliphatic rings. The van der Waals surface area contributed by atoms with Crippen LogP contribution in [0.15, 0.2) is 12.1 Å². The van der Waals surface area contributed by atoms with E-state index in [0.29, 0.717) is 22.6 Å². The molecule has 1 amide bonds. The number of nitrogens with zero attached hydrogens (tertiary/aromatic N) is 2. The monoisotopic (exact) mass is 385 g/mol. The molecule has 1 N–H and O–H groups in total. The molecule has 1 aromatic heterocycles. The fourth-order valence-corrected chi connectivity index (χ4v) is 3.70. The molecular formula is C16H14Cl3N3O2. The van der Waals surface area contributed by atoms with Crippen molar-refractivity contribution >= 4 is 46.4 Å². The first kappa shape index (κ1) is 17.3. The van der Waals surface area contributed by atoms with Crippen molar-refractivity contribution in [2.24, 2.45) is 0 Å². The Morgan fingerprint density at radius 3 is 2.54 bits per heavy atom. The number of aromatic nitrogens is 2. The van der Waals surface area contributed by atoms with Crippen LogP contribution in [0.2, 0.25) is 15.2 Å². The molecule has 0 aliphatic heterocycles. The van der Waals surface area contributed by atoms with E-state index in [2.05, 4.69) is 22.4 Å². The molecule has 8 heteroatoms. The van der Waals surface area contributed by atoms with Gasteiger partial charge in [0.15, 0.2) is 10.9 Å². The molecule has 1 atom stereocenters. The Bertz CT molecular complexity index is 803. The van der Waals surface area contributed by atoms with Crippen LogP contribution in [-0.2, 0) is 11.2 Å². The van der Waals surface area contributed by atoms with E-state index >= 15 is 0 Å². The van der Waals surface area contributed by atoms with Gasteiger partial charge in [0.05, 0.1) is 10.0 Å². The summed E-state index contributed by atoms with van der Waals surface area (Å²) in [6, 6.07) is 3.13. The summed E-state index contributed by atoms with van der Waals surface area (Å²) < 4.78 is 5.84. The third-order valence-corrected chi connectivity index (χ3v) is 4.71. The SMILES string of the molecule is CC(=O)Nc1cc(Cl)c(Oc2nnc(Cl)c3c2CCC3C)c(Cl)c1. The normalized spacial score (nSPS) is 16.0. The fraction of sp³-hybridized carbons (Fsp3) is 0.312. The van der Waals surface area contributed by atoms with Crippen molar-refractivity contribution in [3.63, 3.8) is 0 Å². The Balaban J connectivity index is 1.97. The van der Waals surface area contributed by atoms with Crippen LogP contribution < -0.4 is 10.1 Å². The summed E-state index contributed by atoms with van der Waals surface area (Å²) >= 11 is 18.6. The smallest absolute Gasteiger partial charge is 0.242 e. The molecule has 2 aromatic rings. The lowest BCUT2D eigenvalue weighted by atomic mass is 10.1. The molecule has 0 saturated heterocycles. The van der Waals surface area contributed by atoms with E-state index in [9.17, 15) is 4.79 Å². The van der Waals surface area contributed by atoms with Gasteiger partial charge in [-0.3, -0.25) is 4.79 Å². The first-order chi connectivity index (χ1) is 11.4. The Kier molecular flexibility index (Phi) is 4.85. The van der Waals surface area contributed by atoms with Gasteiger partial charge in [0.2, 0.25) is 11.8 Å². The molecule has 0 saturated carbocycles. The van der Waals surface area contributed by atoms with E-state index < -0.39 is 0 Å². The maximum Gasteiger partial charge on any atom is 0.242 e. The number of carbonyl (C=O) groups excluding carboxylic acids is 1. The van der Waals surface area contributed by atoms with E-state index in [1.807, 2.05) is 0 Å². The second kappa shape index (κ2) is 6.75. The highest BCUT2D eigenvalue weighted by atomic mass is 35.5. The van der Waals surface area contributed by atoms with Gasteiger partial charge in [-0.25, -0.2) is 0 Å². The molecule has 0 spiro atoms. The number of fused-ring (bicyclic) bond motifs is 1. The van der Waals surface area contributed by atoms with Crippen LogP contribution in [0.4, 0.5) is 5.69 Å². The van der Waals surface area contributed by atoms with Gasteiger partial charge in [-0.05, 0) is 30.9 Å². The van der Waals surface area contributed by atoms with Crippen LogP contribution in [0.5, 0.6) is 11.6 Å². The number of halogens is 3. The molecule has 3 rings (SSSR count). The van der Waals surface area contributed by atoms with Gasteiger partial charge < -0.3 is 10.1 Å². The number of anilines is 1. The minimum absolute atomic E-state index is 0.217. The lowest BCUT2D eigenvalue weighted by Gasteiger charge is -2.14. The van der Waals surface area contributed by atoms with E-state index in [0.717, 1.165) is 24.0 Å². The Morgan fingerprint density at radius 1 is 1.25 bits per heavy atom. The summed E-state index contributed by atoms with van der Waals surface area (Å²) in [5, 5.41) is 11.6. The first-order valence-electron chi connectivity index (χ1n) is 7.36. The van der Waals surface area contributed by atoms with Crippen LogP contribution in [0, 0.1) is 0 Å². The number of ether oxygens (including phenoxy) is 1. The Hall–Kier alpha value is -1.56. The highest BCUT2D eigenvalue weighted by Crippen LogP contribution is 2.44. The van der Waals surface area contributed by atoms with Gasteiger partial charge in [-0.15, -0.1) is 10.2 Å². The van der Waals surface area contributed by atoms with Crippen LogP contribution in [-0.4, -0.2) is 16.1 Å². The van der Waals surface area contributed by atoms with Crippen LogP contribution in [0.3, 0.4) is 0 Å².